The van der Waals surface area contributed by atoms with Crippen LogP contribution in [0.5, 0.6) is 0 Å². The summed E-state index contributed by atoms with van der Waals surface area (Å²) >= 11 is 0. The number of nitrogens with zero attached hydrogens (tertiary/aromatic N) is 2. The number of nitrogens with one attached hydrogen (secondary N) is 2. The topological polar surface area (TPSA) is 61.0 Å². The van der Waals surface area contributed by atoms with Crippen molar-refractivity contribution in [2.75, 3.05) is 26.2 Å². The summed E-state index contributed by atoms with van der Waals surface area (Å²) < 4.78 is 13.6. The number of carbonyl (C=O) groups is 1. The predicted octanol–water partition coefficient (Wildman–Crippen LogP) is 2.78. The first-order chi connectivity index (χ1) is 12.6. The average molecular weight is 358 g/mol. The standard InChI is InChI=1S/C20H27FN4O/c1-3-25(4-2)11-10-22-20(26)15-8-9-18-17(13-15)19(24-23-18)14-6-5-7-16(21)12-14/h5-7,12,15H,3-4,8-11,13H2,1-2H3,(H,22,26)(H,23,24)/t15-/m0/s1. The maximum Gasteiger partial charge on any atom is 0.223 e. The minimum atomic E-state index is -0.277. The number of amides is 1. The number of halogens is 1. The lowest BCUT2D eigenvalue weighted by Crippen LogP contribution is -2.39. The van der Waals surface area contributed by atoms with Gasteiger partial charge in [0.15, 0.2) is 0 Å². The average Bonchev–Trinajstić information content (AvgIpc) is 3.08. The molecule has 140 valence electrons. The molecule has 0 bridgehead atoms. The molecule has 1 aliphatic carbocycles. The molecule has 0 fully saturated rings. The zero-order chi connectivity index (χ0) is 18.5. The number of fused-ring (bicyclic) bond motifs is 1. The van der Waals surface area contributed by atoms with E-state index in [1.807, 2.05) is 6.07 Å². The molecule has 0 saturated heterocycles. The van der Waals surface area contributed by atoms with Crippen LogP contribution in [-0.4, -0.2) is 47.2 Å². The van der Waals surface area contributed by atoms with Crippen LogP contribution >= 0.6 is 0 Å². The molecule has 3 rings (SSSR count). The number of aromatic amines is 1. The number of aryl methyl sites for hydroxylation is 1. The van der Waals surface area contributed by atoms with Crippen LogP contribution in [0, 0.1) is 11.7 Å². The SMILES string of the molecule is CCN(CC)CCNC(=O)[C@H]1CCc2[nH]nc(-c3cccc(F)c3)c2C1. The van der Waals surface area contributed by atoms with Gasteiger partial charge in [-0.05, 0) is 44.5 Å². The van der Waals surface area contributed by atoms with E-state index in [2.05, 4.69) is 34.3 Å². The highest BCUT2D eigenvalue weighted by Crippen LogP contribution is 2.32. The molecule has 0 aliphatic heterocycles. The van der Waals surface area contributed by atoms with Crippen molar-refractivity contribution in [3.8, 4) is 11.3 Å². The van der Waals surface area contributed by atoms with Gasteiger partial charge >= 0.3 is 0 Å². The monoisotopic (exact) mass is 358 g/mol. The van der Waals surface area contributed by atoms with Gasteiger partial charge in [0, 0.05) is 35.8 Å². The van der Waals surface area contributed by atoms with Gasteiger partial charge in [0.2, 0.25) is 5.91 Å². The van der Waals surface area contributed by atoms with Crippen molar-refractivity contribution in [2.45, 2.75) is 33.1 Å². The highest BCUT2D eigenvalue weighted by molar-refractivity contribution is 5.80. The summed E-state index contributed by atoms with van der Waals surface area (Å²) in [6.07, 6.45) is 2.26. The lowest BCUT2D eigenvalue weighted by molar-refractivity contribution is -0.125. The molecule has 2 N–H and O–H groups in total. The van der Waals surface area contributed by atoms with E-state index in [0.717, 1.165) is 55.0 Å². The number of hydrogen-bond donors (Lipinski definition) is 2. The van der Waals surface area contributed by atoms with Crippen LogP contribution in [-0.2, 0) is 17.6 Å². The Hall–Kier alpha value is -2.21. The Morgan fingerprint density at radius 1 is 1.38 bits per heavy atom. The van der Waals surface area contributed by atoms with Crippen molar-refractivity contribution < 1.29 is 9.18 Å². The first kappa shape index (κ1) is 18.6. The summed E-state index contributed by atoms with van der Waals surface area (Å²) in [5.74, 6) is -0.223. The molecule has 1 atom stereocenters. The largest absolute Gasteiger partial charge is 0.355 e. The minimum absolute atomic E-state index is 0.0517. The number of carbonyl (C=O) groups excluding carboxylic acids is 1. The van der Waals surface area contributed by atoms with Crippen molar-refractivity contribution in [2.24, 2.45) is 5.92 Å². The summed E-state index contributed by atoms with van der Waals surface area (Å²) in [5.41, 5.74) is 3.63. The number of aromatic nitrogens is 2. The van der Waals surface area contributed by atoms with Gasteiger partial charge in [-0.25, -0.2) is 4.39 Å². The van der Waals surface area contributed by atoms with E-state index >= 15 is 0 Å². The van der Waals surface area contributed by atoms with Crippen LogP contribution < -0.4 is 5.32 Å². The smallest absolute Gasteiger partial charge is 0.223 e. The Morgan fingerprint density at radius 3 is 2.92 bits per heavy atom. The molecule has 0 unspecified atom stereocenters. The van der Waals surface area contributed by atoms with Crippen molar-refractivity contribution in [3.63, 3.8) is 0 Å². The van der Waals surface area contributed by atoms with Gasteiger partial charge in [-0.15, -0.1) is 0 Å². The highest BCUT2D eigenvalue weighted by Gasteiger charge is 2.28. The van der Waals surface area contributed by atoms with Gasteiger partial charge in [-0.2, -0.15) is 5.10 Å². The van der Waals surface area contributed by atoms with Crippen LogP contribution in [0.2, 0.25) is 0 Å². The van der Waals surface area contributed by atoms with Gasteiger partial charge in [-0.1, -0.05) is 26.0 Å². The first-order valence-corrected chi connectivity index (χ1v) is 9.44. The number of rotatable bonds is 7. The molecule has 1 aromatic carbocycles. The van der Waals surface area contributed by atoms with E-state index in [0.29, 0.717) is 13.0 Å². The van der Waals surface area contributed by atoms with Crippen LogP contribution in [0.4, 0.5) is 4.39 Å². The summed E-state index contributed by atoms with van der Waals surface area (Å²) in [6, 6.07) is 6.46. The van der Waals surface area contributed by atoms with E-state index in [9.17, 15) is 9.18 Å². The minimum Gasteiger partial charge on any atom is -0.355 e. The van der Waals surface area contributed by atoms with Crippen LogP contribution in [0.25, 0.3) is 11.3 Å². The number of likely N-dealkylation sites (N-methyl/N-ethyl adjacent to an activating group) is 1. The van der Waals surface area contributed by atoms with Gasteiger partial charge in [0.25, 0.3) is 0 Å². The Balaban J connectivity index is 1.65. The predicted molar refractivity (Wildman–Crippen MR) is 100 cm³/mol. The van der Waals surface area contributed by atoms with Gasteiger partial charge in [0.1, 0.15) is 5.82 Å². The Morgan fingerprint density at radius 2 is 2.19 bits per heavy atom. The third-order valence-corrected chi connectivity index (χ3v) is 5.24. The van der Waals surface area contributed by atoms with Crippen molar-refractivity contribution in [1.29, 1.82) is 0 Å². The fourth-order valence-electron chi connectivity index (χ4n) is 3.61. The normalized spacial score (nSPS) is 16.5. The zero-order valence-electron chi connectivity index (χ0n) is 15.5. The van der Waals surface area contributed by atoms with Crippen LogP contribution in [0.1, 0.15) is 31.5 Å². The van der Waals surface area contributed by atoms with Gasteiger partial charge in [0.05, 0.1) is 5.69 Å². The fraction of sp³-hybridized carbons (Fsp3) is 0.500. The Bertz CT molecular complexity index is 754. The van der Waals surface area contributed by atoms with Crippen LogP contribution in [0.15, 0.2) is 24.3 Å². The van der Waals surface area contributed by atoms with Crippen LogP contribution in [0.3, 0.4) is 0 Å². The summed E-state index contributed by atoms with van der Waals surface area (Å²) in [4.78, 5) is 14.9. The molecule has 1 amide bonds. The molecule has 6 heteroatoms. The maximum absolute atomic E-state index is 13.6. The molecule has 2 aromatic rings. The molecule has 5 nitrogen and oxygen atoms in total. The third-order valence-electron chi connectivity index (χ3n) is 5.24. The van der Waals surface area contributed by atoms with Crippen molar-refractivity contribution in [3.05, 3.63) is 41.3 Å². The van der Waals surface area contributed by atoms with Crippen molar-refractivity contribution in [1.82, 2.24) is 20.4 Å². The zero-order valence-corrected chi connectivity index (χ0v) is 15.5. The summed E-state index contributed by atoms with van der Waals surface area (Å²) in [7, 11) is 0. The van der Waals surface area contributed by atoms with Crippen molar-refractivity contribution >= 4 is 5.91 Å². The number of benzene rings is 1. The van der Waals surface area contributed by atoms with Gasteiger partial charge < -0.3 is 10.2 Å². The highest BCUT2D eigenvalue weighted by atomic mass is 19.1. The molecular weight excluding hydrogens is 331 g/mol. The summed E-state index contributed by atoms with van der Waals surface area (Å²) in [5, 5.41) is 10.5. The molecule has 0 saturated carbocycles. The first-order valence-electron chi connectivity index (χ1n) is 9.44. The van der Waals surface area contributed by atoms with Gasteiger partial charge in [-0.3, -0.25) is 9.89 Å². The van der Waals surface area contributed by atoms with E-state index in [-0.39, 0.29) is 17.6 Å². The van der Waals surface area contributed by atoms with E-state index < -0.39 is 0 Å². The second-order valence-corrected chi connectivity index (χ2v) is 6.80. The quantitative estimate of drug-likeness (QED) is 0.800. The molecular formula is C20H27FN4O. The molecule has 0 radical (unpaired) electrons. The lowest BCUT2D eigenvalue weighted by Gasteiger charge is -2.23. The summed E-state index contributed by atoms with van der Waals surface area (Å²) in [6.45, 7) is 7.78. The molecule has 1 aromatic heterocycles. The third kappa shape index (κ3) is 4.12. The van der Waals surface area contributed by atoms with E-state index in [1.165, 1.54) is 12.1 Å². The maximum atomic E-state index is 13.6. The Labute approximate surface area is 154 Å². The van der Waals surface area contributed by atoms with E-state index in [4.69, 9.17) is 0 Å². The molecule has 26 heavy (non-hydrogen) atoms. The lowest BCUT2D eigenvalue weighted by atomic mass is 9.85. The van der Waals surface area contributed by atoms with E-state index in [1.54, 1.807) is 6.07 Å². The molecule has 1 aliphatic rings. The number of hydrogen-bond acceptors (Lipinski definition) is 3. The second kappa shape index (κ2) is 8.45. The molecule has 0 spiro atoms. The fourth-order valence-corrected chi connectivity index (χ4v) is 3.61. The Kier molecular flexibility index (Phi) is 6.04. The second-order valence-electron chi connectivity index (χ2n) is 6.80. The number of H-pyrrole nitrogens is 1. The molecule has 1 heterocycles.